The Hall–Kier alpha value is -1.49. The molecule has 5 heteroatoms. The average molecular weight is 228 g/mol. The number of alkyl halides is 2. The van der Waals surface area contributed by atoms with Crippen LogP contribution in [0.3, 0.4) is 0 Å². The van der Waals surface area contributed by atoms with E-state index in [-0.39, 0.29) is 0 Å². The maximum atomic E-state index is 11.8. The first-order chi connectivity index (χ1) is 7.59. The van der Waals surface area contributed by atoms with Crippen molar-refractivity contribution in [3.05, 3.63) is 35.9 Å². The Morgan fingerprint density at radius 1 is 1.31 bits per heavy atom. The molecule has 0 saturated heterocycles. The number of hydrogen-bond donors (Lipinski definition) is 2. The standard InChI is InChI=1S/C11H14F2N2O/c12-10(13)7-15-11(16)9(14)6-8-4-2-1-3-5-8/h1-5,9-10H,6-7,14H2,(H,15,16)/t9-/m0/s1. The second-order valence-corrected chi connectivity index (χ2v) is 3.43. The molecule has 16 heavy (non-hydrogen) atoms. The largest absolute Gasteiger partial charge is 0.349 e. The lowest BCUT2D eigenvalue weighted by Crippen LogP contribution is -2.43. The summed E-state index contributed by atoms with van der Waals surface area (Å²) in [7, 11) is 0. The minimum atomic E-state index is -2.55. The van der Waals surface area contributed by atoms with Gasteiger partial charge in [0.25, 0.3) is 6.43 Å². The van der Waals surface area contributed by atoms with Gasteiger partial charge in [-0.15, -0.1) is 0 Å². The maximum Gasteiger partial charge on any atom is 0.255 e. The molecule has 1 amide bonds. The summed E-state index contributed by atoms with van der Waals surface area (Å²) in [5.41, 5.74) is 6.48. The van der Waals surface area contributed by atoms with Crippen LogP contribution in [0.2, 0.25) is 0 Å². The van der Waals surface area contributed by atoms with E-state index in [0.29, 0.717) is 6.42 Å². The molecule has 3 nitrogen and oxygen atoms in total. The van der Waals surface area contributed by atoms with Gasteiger partial charge in [0.1, 0.15) is 0 Å². The molecule has 0 saturated carbocycles. The van der Waals surface area contributed by atoms with Crippen molar-refractivity contribution in [1.29, 1.82) is 0 Å². The van der Waals surface area contributed by atoms with Crippen molar-refractivity contribution in [1.82, 2.24) is 5.32 Å². The van der Waals surface area contributed by atoms with Crippen LogP contribution >= 0.6 is 0 Å². The fourth-order valence-corrected chi connectivity index (χ4v) is 1.27. The molecule has 0 radical (unpaired) electrons. The van der Waals surface area contributed by atoms with Crippen LogP contribution in [0.4, 0.5) is 8.78 Å². The Morgan fingerprint density at radius 3 is 2.50 bits per heavy atom. The number of amides is 1. The SMILES string of the molecule is N[C@@H](Cc1ccccc1)C(=O)NCC(F)F. The van der Waals surface area contributed by atoms with Crippen molar-refractivity contribution in [3.63, 3.8) is 0 Å². The predicted octanol–water partition coefficient (Wildman–Crippen LogP) is 0.938. The van der Waals surface area contributed by atoms with Crippen molar-refractivity contribution in [2.45, 2.75) is 18.9 Å². The third-order valence-corrected chi connectivity index (χ3v) is 2.07. The minimum Gasteiger partial charge on any atom is -0.349 e. The van der Waals surface area contributed by atoms with E-state index in [2.05, 4.69) is 5.32 Å². The number of nitrogens with one attached hydrogen (secondary N) is 1. The third-order valence-electron chi connectivity index (χ3n) is 2.07. The number of rotatable bonds is 5. The van der Waals surface area contributed by atoms with Crippen molar-refractivity contribution in [2.24, 2.45) is 5.73 Å². The molecule has 1 aromatic rings. The van der Waals surface area contributed by atoms with E-state index in [1.807, 2.05) is 30.3 Å². The van der Waals surface area contributed by atoms with Crippen molar-refractivity contribution in [2.75, 3.05) is 6.54 Å². The molecule has 0 aliphatic heterocycles. The van der Waals surface area contributed by atoms with Gasteiger partial charge in [0.05, 0.1) is 12.6 Å². The monoisotopic (exact) mass is 228 g/mol. The van der Waals surface area contributed by atoms with Crippen LogP contribution in [0.25, 0.3) is 0 Å². The van der Waals surface area contributed by atoms with Gasteiger partial charge in [0.2, 0.25) is 5.91 Å². The molecule has 0 heterocycles. The molecule has 0 aliphatic rings. The van der Waals surface area contributed by atoms with Crippen LogP contribution in [0.5, 0.6) is 0 Å². The summed E-state index contributed by atoms with van der Waals surface area (Å²) >= 11 is 0. The van der Waals surface area contributed by atoms with Gasteiger partial charge in [0, 0.05) is 0 Å². The molecule has 0 fully saturated rings. The first kappa shape index (κ1) is 12.6. The van der Waals surface area contributed by atoms with Gasteiger partial charge in [-0.1, -0.05) is 30.3 Å². The van der Waals surface area contributed by atoms with E-state index in [0.717, 1.165) is 5.56 Å². The topological polar surface area (TPSA) is 55.1 Å². The van der Waals surface area contributed by atoms with Crippen LogP contribution in [-0.2, 0) is 11.2 Å². The van der Waals surface area contributed by atoms with Crippen LogP contribution in [0.15, 0.2) is 30.3 Å². The molecule has 1 atom stereocenters. The fraction of sp³-hybridized carbons (Fsp3) is 0.364. The molecule has 88 valence electrons. The van der Waals surface area contributed by atoms with E-state index >= 15 is 0 Å². The number of benzene rings is 1. The van der Waals surface area contributed by atoms with Gasteiger partial charge < -0.3 is 11.1 Å². The highest BCUT2D eigenvalue weighted by molar-refractivity contribution is 5.81. The highest BCUT2D eigenvalue weighted by Crippen LogP contribution is 2.01. The van der Waals surface area contributed by atoms with Crippen molar-refractivity contribution < 1.29 is 13.6 Å². The van der Waals surface area contributed by atoms with Crippen LogP contribution in [0.1, 0.15) is 5.56 Å². The Labute approximate surface area is 92.6 Å². The Balaban J connectivity index is 2.40. The minimum absolute atomic E-state index is 0.343. The second-order valence-electron chi connectivity index (χ2n) is 3.43. The zero-order chi connectivity index (χ0) is 12.0. The zero-order valence-corrected chi connectivity index (χ0v) is 8.70. The summed E-state index contributed by atoms with van der Waals surface area (Å²) in [4.78, 5) is 11.3. The molecule has 1 rings (SSSR count). The first-order valence-electron chi connectivity index (χ1n) is 4.95. The van der Waals surface area contributed by atoms with Gasteiger partial charge in [-0.05, 0) is 12.0 Å². The average Bonchev–Trinajstić information content (AvgIpc) is 2.27. The second kappa shape index (κ2) is 6.17. The Morgan fingerprint density at radius 2 is 1.94 bits per heavy atom. The smallest absolute Gasteiger partial charge is 0.255 e. The molecule has 1 aromatic carbocycles. The lowest BCUT2D eigenvalue weighted by Gasteiger charge is -2.11. The molecular formula is C11H14F2N2O. The maximum absolute atomic E-state index is 11.8. The van der Waals surface area contributed by atoms with Gasteiger partial charge in [-0.2, -0.15) is 0 Å². The van der Waals surface area contributed by atoms with Gasteiger partial charge >= 0.3 is 0 Å². The summed E-state index contributed by atoms with van der Waals surface area (Å²) in [6.45, 7) is -0.651. The van der Waals surface area contributed by atoms with Crippen LogP contribution < -0.4 is 11.1 Å². The third kappa shape index (κ3) is 4.35. The number of carbonyl (C=O) groups is 1. The predicted molar refractivity (Wildman–Crippen MR) is 57.1 cm³/mol. The normalized spacial score (nSPS) is 12.5. The van der Waals surface area contributed by atoms with E-state index in [1.54, 1.807) is 0 Å². The van der Waals surface area contributed by atoms with Crippen LogP contribution in [-0.4, -0.2) is 24.9 Å². The highest BCUT2D eigenvalue weighted by Gasteiger charge is 2.15. The molecule has 0 unspecified atom stereocenters. The molecule has 0 aliphatic carbocycles. The molecular weight excluding hydrogens is 214 g/mol. The number of nitrogens with two attached hydrogens (primary N) is 1. The summed E-state index contributed by atoms with van der Waals surface area (Å²) in [5, 5.41) is 2.09. The molecule has 0 aromatic heterocycles. The fourth-order valence-electron chi connectivity index (χ4n) is 1.27. The highest BCUT2D eigenvalue weighted by atomic mass is 19.3. The van der Waals surface area contributed by atoms with E-state index < -0.39 is 24.9 Å². The lowest BCUT2D eigenvalue weighted by molar-refractivity contribution is -0.122. The number of halogens is 2. The van der Waals surface area contributed by atoms with Gasteiger partial charge in [-0.25, -0.2) is 8.78 Å². The zero-order valence-electron chi connectivity index (χ0n) is 8.70. The molecule has 0 bridgehead atoms. The quantitative estimate of drug-likeness (QED) is 0.788. The summed E-state index contributed by atoms with van der Waals surface area (Å²) in [6.07, 6.45) is -2.21. The molecule has 0 spiro atoms. The van der Waals surface area contributed by atoms with E-state index in [1.165, 1.54) is 0 Å². The summed E-state index contributed by atoms with van der Waals surface area (Å²) < 4.78 is 23.7. The summed E-state index contributed by atoms with van der Waals surface area (Å²) in [5.74, 6) is -0.552. The molecule has 3 N–H and O–H groups in total. The first-order valence-corrected chi connectivity index (χ1v) is 4.95. The summed E-state index contributed by atoms with van der Waals surface area (Å²) in [6, 6.07) is 8.39. The van der Waals surface area contributed by atoms with E-state index in [4.69, 9.17) is 5.73 Å². The Bertz CT molecular complexity index is 330. The van der Waals surface area contributed by atoms with Gasteiger partial charge in [0.15, 0.2) is 0 Å². The van der Waals surface area contributed by atoms with Crippen molar-refractivity contribution in [3.8, 4) is 0 Å². The van der Waals surface area contributed by atoms with E-state index in [9.17, 15) is 13.6 Å². The number of hydrogen-bond acceptors (Lipinski definition) is 2. The number of carbonyl (C=O) groups excluding carboxylic acids is 1. The van der Waals surface area contributed by atoms with Gasteiger partial charge in [-0.3, -0.25) is 4.79 Å². The van der Waals surface area contributed by atoms with Crippen molar-refractivity contribution >= 4 is 5.91 Å². The van der Waals surface area contributed by atoms with Crippen LogP contribution in [0, 0.1) is 0 Å². The Kier molecular flexibility index (Phi) is 4.85. The lowest BCUT2D eigenvalue weighted by atomic mass is 10.1.